The standard InChI is InChI=1S/C19H15N3O2/c20-10-13-15(11-6-2-1-3-7-11)16-17(24-18(13)21)12-8-4-5-9-14(12)22-19(16)23/h1-9,15-17H,21H2,(H,22,23). The van der Waals surface area contributed by atoms with E-state index in [0.717, 1.165) is 16.8 Å². The van der Waals surface area contributed by atoms with Gasteiger partial charge in [0, 0.05) is 17.2 Å². The molecule has 118 valence electrons. The zero-order chi connectivity index (χ0) is 16.7. The Morgan fingerprint density at radius 1 is 1.08 bits per heavy atom. The topological polar surface area (TPSA) is 88.1 Å². The normalized spacial score (nSPS) is 25.0. The van der Waals surface area contributed by atoms with Gasteiger partial charge >= 0.3 is 0 Å². The van der Waals surface area contributed by atoms with E-state index in [1.54, 1.807) is 0 Å². The molecule has 0 fully saturated rings. The Balaban J connectivity index is 1.91. The average molecular weight is 317 g/mol. The molecule has 5 nitrogen and oxygen atoms in total. The average Bonchev–Trinajstić information content (AvgIpc) is 2.61. The first-order valence-corrected chi connectivity index (χ1v) is 7.72. The van der Waals surface area contributed by atoms with Crippen molar-refractivity contribution in [3.63, 3.8) is 0 Å². The van der Waals surface area contributed by atoms with Gasteiger partial charge in [0.15, 0.2) is 5.88 Å². The predicted octanol–water partition coefficient (Wildman–Crippen LogP) is 2.80. The van der Waals surface area contributed by atoms with Crippen molar-refractivity contribution in [2.24, 2.45) is 11.7 Å². The Bertz CT molecular complexity index is 883. The second kappa shape index (κ2) is 5.43. The number of para-hydroxylation sites is 1. The predicted molar refractivity (Wildman–Crippen MR) is 88.4 cm³/mol. The van der Waals surface area contributed by atoms with Crippen LogP contribution >= 0.6 is 0 Å². The van der Waals surface area contributed by atoms with Gasteiger partial charge in [-0.3, -0.25) is 4.79 Å². The summed E-state index contributed by atoms with van der Waals surface area (Å²) in [6, 6.07) is 19.1. The maximum atomic E-state index is 12.8. The van der Waals surface area contributed by atoms with Crippen molar-refractivity contribution in [1.29, 1.82) is 5.26 Å². The van der Waals surface area contributed by atoms with Crippen LogP contribution in [0.2, 0.25) is 0 Å². The van der Waals surface area contributed by atoms with Gasteiger partial charge < -0.3 is 15.8 Å². The van der Waals surface area contributed by atoms with E-state index >= 15 is 0 Å². The fourth-order valence-corrected chi connectivity index (χ4v) is 3.56. The Labute approximate surface area is 139 Å². The lowest BCUT2D eigenvalue weighted by Gasteiger charge is -2.41. The number of hydrogen-bond acceptors (Lipinski definition) is 4. The molecule has 3 N–H and O–H groups in total. The van der Waals surface area contributed by atoms with E-state index in [-0.39, 0.29) is 11.8 Å². The van der Waals surface area contributed by atoms with E-state index in [4.69, 9.17) is 10.5 Å². The summed E-state index contributed by atoms with van der Waals surface area (Å²) in [6.07, 6.45) is -0.503. The van der Waals surface area contributed by atoms with E-state index in [2.05, 4.69) is 11.4 Å². The fraction of sp³-hybridized carbons (Fsp3) is 0.158. The molecule has 0 aromatic heterocycles. The van der Waals surface area contributed by atoms with Crippen molar-refractivity contribution in [1.82, 2.24) is 0 Å². The molecule has 0 aliphatic carbocycles. The largest absolute Gasteiger partial charge is 0.469 e. The van der Waals surface area contributed by atoms with Gasteiger partial charge in [0.2, 0.25) is 5.91 Å². The molecule has 0 spiro atoms. The van der Waals surface area contributed by atoms with Crippen LogP contribution in [0.15, 0.2) is 66.1 Å². The lowest BCUT2D eigenvalue weighted by molar-refractivity contribution is -0.126. The van der Waals surface area contributed by atoms with Gasteiger partial charge in [0.05, 0.1) is 11.5 Å². The number of carbonyl (C=O) groups excluding carboxylic acids is 1. The first kappa shape index (κ1) is 14.3. The molecule has 3 unspecified atom stereocenters. The van der Waals surface area contributed by atoms with Crippen LogP contribution in [-0.2, 0) is 9.53 Å². The third-order valence-corrected chi connectivity index (χ3v) is 4.62. The van der Waals surface area contributed by atoms with Crippen molar-refractivity contribution in [2.45, 2.75) is 12.0 Å². The fourth-order valence-electron chi connectivity index (χ4n) is 3.56. The van der Waals surface area contributed by atoms with Gasteiger partial charge in [0.1, 0.15) is 12.2 Å². The molecule has 0 saturated carbocycles. The second-order valence-corrected chi connectivity index (χ2v) is 5.92. The number of rotatable bonds is 1. The molecule has 1 amide bonds. The summed E-state index contributed by atoms with van der Waals surface area (Å²) in [7, 11) is 0. The highest BCUT2D eigenvalue weighted by Gasteiger charge is 2.48. The van der Waals surface area contributed by atoms with E-state index in [0.29, 0.717) is 5.57 Å². The van der Waals surface area contributed by atoms with Gasteiger partial charge in [0.25, 0.3) is 0 Å². The van der Waals surface area contributed by atoms with Gasteiger partial charge in [-0.25, -0.2) is 0 Å². The molecule has 3 atom stereocenters. The lowest BCUT2D eigenvalue weighted by atomic mass is 9.72. The molecule has 2 aromatic carbocycles. The molecule has 4 rings (SSSR count). The maximum absolute atomic E-state index is 12.8. The Morgan fingerprint density at radius 3 is 2.54 bits per heavy atom. The quantitative estimate of drug-likeness (QED) is 0.846. The summed E-state index contributed by atoms with van der Waals surface area (Å²) in [5.41, 5.74) is 8.82. The maximum Gasteiger partial charge on any atom is 0.232 e. The minimum atomic E-state index is -0.538. The van der Waals surface area contributed by atoms with Gasteiger partial charge in [-0.1, -0.05) is 48.5 Å². The van der Waals surface area contributed by atoms with E-state index in [1.165, 1.54) is 0 Å². The molecule has 5 heteroatoms. The molecule has 2 aliphatic heterocycles. The van der Waals surface area contributed by atoms with Crippen molar-refractivity contribution < 1.29 is 9.53 Å². The molecule has 24 heavy (non-hydrogen) atoms. The number of nitrogens with zero attached hydrogens (tertiary/aromatic N) is 1. The molecular weight excluding hydrogens is 302 g/mol. The zero-order valence-corrected chi connectivity index (χ0v) is 12.8. The molecule has 2 heterocycles. The Morgan fingerprint density at radius 2 is 1.79 bits per heavy atom. The lowest BCUT2D eigenvalue weighted by Crippen LogP contribution is -2.42. The molecular formula is C19H15N3O2. The van der Waals surface area contributed by atoms with Crippen LogP contribution in [0.1, 0.15) is 23.1 Å². The molecule has 0 bridgehead atoms. The number of hydrogen-bond donors (Lipinski definition) is 2. The SMILES string of the molecule is N#CC1=C(N)OC2c3ccccc3NC(=O)C2C1c1ccccc1. The third-order valence-electron chi connectivity index (χ3n) is 4.62. The van der Waals surface area contributed by atoms with E-state index in [9.17, 15) is 10.1 Å². The summed E-state index contributed by atoms with van der Waals surface area (Å²) in [6.45, 7) is 0. The summed E-state index contributed by atoms with van der Waals surface area (Å²) >= 11 is 0. The van der Waals surface area contributed by atoms with Crippen LogP contribution in [0.5, 0.6) is 0 Å². The number of anilines is 1. The minimum absolute atomic E-state index is 0.0945. The number of nitrogens with two attached hydrogens (primary N) is 1. The van der Waals surface area contributed by atoms with Crippen LogP contribution in [0, 0.1) is 17.2 Å². The van der Waals surface area contributed by atoms with Crippen LogP contribution in [0.4, 0.5) is 5.69 Å². The zero-order valence-electron chi connectivity index (χ0n) is 12.8. The number of amides is 1. The van der Waals surface area contributed by atoms with Gasteiger partial charge in [-0.05, 0) is 11.6 Å². The number of fused-ring (bicyclic) bond motifs is 3. The Hall–Kier alpha value is -3.26. The van der Waals surface area contributed by atoms with Crippen molar-refractivity contribution >= 4 is 11.6 Å². The molecule has 2 aliphatic rings. The molecule has 0 saturated heterocycles. The van der Waals surface area contributed by atoms with Crippen LogP contribution in [-0.4, -0.2) is 5.91 Å². The van der Waals surface area contributed by atoms with Crippen molar-refractivity contribution in [3.05, 3.63) is 77.2 Å². The third kappa shape index (κ3) is 2.04. The van der Waals surface area contributed by atoms with Crippen LogP contribution in [0.3, 0.4) is 0 Å². The van der Waals surface area contributed by atoms with E-state index in [1.807, 2.05) is 54.6 Å². The minimum Gasteiger partial charge on any atom is -0.469 e. The highest BCUT2D eigenvalue weighted by Crippen LogP contribution is 2.50. The first-order chi connectivity index (χ1) is 11.7. The van der Waals surface area contributed by atoms with Crippen LogP contribution < -0.4 is 11.1 Å². The highest BCUT2D eigenvalue weighted by molar-refractivity contribution is 5.97. The molecule has 2 aromatic rings. The summed E-state index contributed by atoms with van der Waals surface area (Å²) in [5, 5.41) is 12.5. The Kier molecular flexibility index (Phi) is 3.24. The second-order valence-electron chi connectivity index (χ2n) is 5.92. The van der Waals surface area contributed by atoms with Gasteiger partial charge in [-0.15, -0.1) is 0 Å². The number of ether oxygens (including phenoxy) is 1. The van der Waals surface area contributed by atoms with Crippen LogP contribution in [0.25, 0.3) is 0 Å². The highest BCUT2D eigenvalue weighted by atomic mass is 16.5. The number of carbonyl (C=O) groups is 1. The van der Waals surface area contributed by atoms with Crippen molar-refractivity contribution in [2.75, 3.05) is 5.32 Å². The van der Waals surface area contributed by atoms with Crippen molar-refractivity contribution in [3.8, 4) is 6.07 Å². The first-order valence-electron chi connectivity index (χ1n) is 7.72. The monoisotopic (exact) mass is 317 g/mol. The number of benzene rings is 2. The summed E-state index contributed by atoms with van der Waals surface area (Å²) in [4.78, 5) is 12.8. The van der Waals surface area contributed by atoms with Gasteiger partial charge in [-0.2, -0.15) is 5.26 Å². The number of nitrogens with one attached hydrogen (secondary N) is 1. The summed E-state index contributed by atoms with van der Waals surface area (Å²) < 4.78 is 5.82. The number of allylic oxidation sites excluding steroid dienone is 1. The summed E-state index contributed by atoms with van der Waals surface area (Å²) in [5.74, 6) is -1.03. The molecule has 0 radical (unpaired) electrons. The van der Waals surface area contributed by atoms with E-state index < -0.39 is 17.9 Å². The smallest absolute Gasteiger partial charge is 0.232 e. The number of nitriles is 1.